The number of allylic oxidation sites excluding steroid dienone is 6. The molecule has 0 saturated carbocycles. The van der Waals surface area contributed by atoms with E-state index in [9.17, 15) is 9.90 Å². The summed E-state index contributed by atoms with van der Waals surface area (Å²) in [6.07, 6.45) is 24.7. The molecular weight excluding hydrogens is 288 g/mol. The topological polar surface area (TPSA) is 57.2 Å². The molecule has 0 spiro atoms. The first kappa shape index (κ1) is 21.6. The van der Waals surface area contributed by atoms with Gasteiger partial charge in [-0.15, -0.1) is 0 Å². The van der Waals surface area contributed by atoms with Gasteiger partial charge in [-0.05, 0) is 64.2 Å². The van der Waals surface area contributed by atoms with E-state index in [1.165, 1.54) is 6.42 Å². The number of carboxylic acid groups (broad SMARTS) is 1. The van der Waals surface area contributed by atoms with Gasteiger partial charge >= 0.3 is 5.97 Å². The van der Waals surface area contributed by atoms with E-state index in [1.807, 2.05) is 0 Å². The van der Waals surface area contributed by atoms with Crippen LogP contribution in [0.2, 0.25) is 0 Å². The molecule has 23 heavy (non-hydrogen) atoms. The van der Waals surface area contributed by atoms with Crippen molar-refractivity contribution in [2.75, 3.05) is 6.61 Å². The normalized spacial score (nSPS) is 12.0. The van der Waals surface area contributed by atoms with Crippen LogP contribution in [0.25, 0.3) is 0 Å². The van der Waals surface area contributed by atoms with Crippen LogP contribution in [0.5, 0.6) is 0 Å². The van der Waals surface area contributed by atoms with Crippen molar-refractivity contribution >= 4 is 5.97 Å². The molecule has 0 aromatic carbocycles. The van der Waals surface area contributed by atoms with Crippen molar-refractivity contribution in [1.29, 1.82) is 0 Å². The first-order valence-corrected chi connectivity index (χ1v) is 9.02. The summed E-state index contributed by atoms with van der Waals surface area (Å²) in [6.45, 7) is 0.0660. The Bertz CT molecular complexity index is 343. The molecule has 3 nitrogen and oxygen atoms in total. The van der Waals surface area contributed by atoms with Gasteiger partial charge in [-0.3, -0.25) is 4.79 Å². The van der Waals surface area contributed by atoms with Crippen molar-refractivity contribution in [3.63, 3.8) is 0 Å². The first-order valence-electron chi connectivity index (χ1n) is 9.02. The number of aliphatic carboxylic acids is 1. The van der Waals surface area contributed by atoms with Gasteiger partial charge < -0.3 is 5.11 Å². The Morgan fingerprint density at radius 1 is 0.609 bits per heavy atom. The quantitative estimate of drug-likeness (QED) is 0.286. The maximum absolute atomic E-state index is 10.3. The average molecular weight is 321 g/mol. The number of carbonyl (C=O) groups is 1. The molecule has 0 aromatic heterocycles. The molecule has 0 fully saturated rings. The molecule has 0 aromatic rings. The Hall–Kier alpha value is -1.35. The van der Waals surface area contributed by atoms with Crippen molar-refractivity contribution in [2.45, 2.75) is 77.0 Å². The molecule has 0 heterocycles. The second-order valence-electron chi connectivity index (χ2n) is 5.76. The Morgan fingerprint density at radius 2 is 1.09 bits per heavy atom. The third kappa shape index (κ3) is 20.6. The fourth-order valence-electron chi connectivity index (χ4n) is 2.17. The highest BCUT2D eigenvalue weighted by atomic mass is 16.4. The predicted octanol–water partition coefficient (Wildman–Crippen LogP) is 5.85. The van der Waals surface area contributed by atoms with Crippen molar-refractivity contribution in [3.05, 3.63) is 36.5 Å². The van der Waals surface area contributed by atoms with E-state index < -0.39 is 5.97 Å². The van der Waals surface area contributed by atoms with Crippen LogP contribution in [0.1, 0.15) is 77.0 Å². The fraction of sp³-hybridized carbons (Fsp3) is 0.650. The standard InChI is InChI=1S/C20H33O3/c21-19-17-15-13-11-9-7-5-3-1-2-4-6-8-10-12-14-16-18-20(22)23/h2,4,7,9-10,12H,1,3,5-6,8,11,13-19H2,(H,22,23)/b4-2+,9-7-,12-10-. The largest absolute Gasteiger partial charge is 0.481 e. The van der Waals surface area contributed by atoms with Crippen LogP contribution in [0.15, 0.2) is 36.5 Å². The van der Waals surface area contributed by atoms with Crippen LogP contribution in [0, 0.1) is 0 Å². The molecule has 0 aliphatic carbocycles. The highest BCUT2D eigenvalue weighted by molar-refractivity contribution is 5.66. The zero-order valence-corrected chi connectivity index (χ0v) is 14.4. The molecule has 131 valence electrons. The van der Waals surface area contributed by atoms with E-state index in [4.69, 9.17) is 5.11 Å². The lowest BCUT2D eigenvalue weighted by Gasteiger charge is -1.94. The van der Waals surface area contributed by atoms with Gasteiger partial charge in [0.25, 0.3) is 0 Å². The lowest BCUT2D eigenvalue weighted by atomic mass is 10.1. The minimum absolute atomic E-state index is 0.0660. The zero-order chi connectivity index (χ0) is 17.0. The molecule has 0 rings (SSSR count). The maximum atomic E-state index is 10.3. The van der Waals surface area contributed by atoms with Gasteiger partial charge in [0.1, 0.15) is 0 Å². The smallest absolute Gasteiger partial charge is 0.303 e. The van der Waals surface area contributed by atoms with Gasteiger partial charge in [0, 0.05) is 6.42 Å². The van der Waals surface area contributed by atoms with Crippen LogP contribution < -0.4 is 0 Å². The van der Waals surface area contributed by atoms with E-state index in [-0.39, 0.29) is 13.0 Å². The molecule has 0 bridgehead atoms. The molecule has 3 heteroatoms. The van der Waals surface area contributed by atoms with Gasteiger partial charge in [-0.25, -0.2) is 5.11 Å². The Kier molecular flexibility index (Phi) is 17.6. The zero-order valence-electron chi connectivity index (χ0n) is 14.4. The summed E-state index contributed by atoms with van der Waals surface area (Å²) in [5, 5.41) is 18.8. The Balaban J connectivity index is 3.26. The fourth-order valence-corrected chi connectivity index (χ4v) is 2.17. The molecule has 0 amide bonds. The minimum Gasteiger partial charge on any atom is -0.481 e. The van der Waals surface area contributed by atoms with Crippen LogP contribution in [-0.4, -0.2) is 17.7 Å². The van der Waals surface area contributed by atoms with Crippen molar-refractivity contribution in [1.82, 2.24) is 0 Å². The molecule has 0 aliphatic rings. The van der Waals surface area contributed by atoms with Crippen molar-refractivity contribution < 1.29 is 15.0 Å². The molecule has 1 N–H and O–H groups in total. The number of hydrogen-bond donors (Lipinski definition) is 1. The lowest BCUT2D eigenvalue weighted by molar-refractivity contribution is -0.137. The van der Waals surface area contributed by atoms with Gasteiger partial charge in [-0.1, -0.05) is 42.9 Å². The Morgan fingerprint density at radius 3 is 1.61 bits per heavy atom. The number of unbranched alkanes of at least 4 members (excludes halogenated alkanes) is 7. The molecule has 0 aliphatic heterocycles. The van der Waals surface area contributed by atoms with E-state index in [1.54, 1.807) is 0 Å². The summed E-state index contributed by atoms with van der Waals surface area (Å²) >= 11 is 0. The molecular formula is C20H33O3. The average Bonchev–Trinajstić information content (AvgIpc) is 2.53. The van der Waals surface area contributed by atoms with Crippen molar-refractivity contribution in [3.8, 4) is 0 Å². The second kappa shape index (κ2) is 18.7. The van der Waals surface area contributed by atoms with Crippen LogP contribution in [0.3, 0.4) is 0 Å². The third-order valence-electron chi connectivity index (χ3n) is 3.52. The lowest BCUT2D eigenvalue weighted by Crippen LogP contribution is -1.92. The van der Waals surface area contributed by atoms with Crippen LogP contribution in [0.4, 0.5) is 0 Å². The van der Waals surface area contributed by atoms with Crippen LogP contribution in [-0.2, 0) is 9.90 Å². The summed E-state index contributed by atoms with van der Waals surface area (Å²) in [5.41, 5.74) is 0. The molecule has 0 atom stereocenters. The van der Waals surface area contributed by atoms with Gasteiger partial charge in [-0.2, -0.15) is 0 Å². The monoisotopic (exact) mass is 321 g/mol. The van der Waals surface area contributed by atoms with Crippen LogP contribution >= 0.6 is 0 Å². The van der Waals surface area contributed by atoms with Gasteiger partial charge in [0.2, 0.25) is 0 Å². The highest BCUT2D eigenvalue weighted by Crippen LogP contribution is 2.04. The van der Waals surface area contributed by atoms with Crippen molar-refractivity contribution in [2.24, 2.45) is 0 Å². The molecule has 0 unspecified atom stereocenters. The first-order chi connectivity index (χ1) is 11.3. The van der Waals surface area contributed by atoms with E-state index in [2.05, 4.69) is 36.5 Å². The van der Waals surface area contributed by atoms with Gasteiger partial charge in [0.15, 0.2) is 0 Å². The summed E-state index contributed by atoms with van der Waals surface area (Å²) in [6, 6.07) is 0. The third-order valence-corrected chi connectivity index (χ3v) is 3.52. The summed E-state index contributed by atoms with van der Waals surface area (Å²) in [4.78, 5) is 10.3. The van der Waals surface area contributed by atoms with E-state index >= 15 is 0 Å². The predicted molar refractivity (Wildman–Crippen MR) is 96.0 cm³/mol. The summed E-state index contributed by atoms with van der Waals surface area (Å²) in [5.74, 6) is -0.713. The Labute approximate surface area is 141 Å². The van der Waals surface area contributed by atoms with Gasteiger partial charge in [0.05, 0.1) is 6.61 Å². The SMILES string of the molecule is [O]CCCCC/C=C\CCC/C=C/CC/C=C\CCCC(=O)O. The number of rotatable bonds is 16. The maximum Gasteiger partial charge on any atom is 0.303 e. The number of carboxylic acids is 1. The second-order valence-corrected chi connectivity index (χ2v) is 5.76. The number of hydrogen-bond acceptors (Lipinski definition) is 1. The molecule has 0 saturated heterocycles. The van der Waals surface area contributed by atoms with E-state index in [0.717, 1.165) is 64.2 Å². The summed E-state index contributed by atoms with van der Waals surface area (Å²) < 4.78 is 0. The highest BCUT2D eigenvalue weighted by Gasteiger charge is 1.92. The summed E-state index contributed by atoms with van der Waals surface area (Å²) in [7, 11) is 0. The van der Waals surface area contributed by atoms with E-state index in [0.29, 0.717) is 0 Å². The minimum atomic E-state index is -0.713. The molecule has 1 radical (unpaired) electrons.